The van der Waals surface area contributed by atoms with E-state index in [1.54, 1.807) is 42.5 Å². The fraction of sp³-hybridized carbons (Fsp3) is 0.433. The molecule has 7 rings (SSSR count). The van der Waals surface area contributed by atoms with Gasteiger partial charge in [-0.05, 0) is 99.0 Å². The van der Waals surface area contributed by atoms with E-state index in [-0.39, 0.29) is 35.0 Å². The summed E-state index contributed by atoms with van der Waals surface area (Å²) in [7, 11) is 0. The highest BCUT2D eigenvalue weighted by atomic mass is 16.5. The molecule has 1 N–H and O–H groups in total. The zero-order chi connectivity index (χ0) is 27.3. The van der Waals surface area contributed by atoms with Crippen LogP contribution in [0.25, 0.3) is 17.4 Å². The molecule has 2 heterocycles. The van der Waals surface area contributed by atoms with Crippen molar-refractivity contribution in [1.29, 1.82) is 5.26 Å². The van der Waals surface area contributed by atoms with Crippen LogP contribution in [0.1, 0.15) is 61.6 Å². The van der Waals surface area contributed by atoms with E-state index < -0.39 is 23.8 Å². The number of nitrogens with zero attached hydrogens (tertiary/aromatic N) is 2. The average molecular weight is 528 g/mol. The van der Waals surface area contributed by atoms with Crippen molar-refractivity contribution in [2.75, 3.05) is 6.61 Å². The zero-order valence-corrected chi connectivity index (χ0v) is 21.6. The molecule has 0 spiro atoms. The van der Waals surface area contributed by atoms with Crippen molar-refractivity contribution in [1.82, 2.24) is 10.2 Å². The third-order valence-corrected chi connectivity index (χ3v) is 9.06. The van der Waals surface area contributed by atoms with Crippen molar-refractivity contribution in [3.63, 3.8) is 0 Å². The Hall–Kier alpha value is -4.19. The van der Waals surface area contributed by atoms with Gasteiger partial charge >= 0.3 is 12.0 Å². The van der Waals surface area contributed by atoms with E-state index in [1.807, 2.05) is 6.92 Å². The van der Waals surface area contributed by atoms with E-state index in [4.69, 9.17) is 14.4 Å². The minimum absolute atomic E-state index is 0.0928. The number of carbonyl (C=O) groups excluding carboxylic acids is 4. The lowest BCUT2D eigenvalue weighted by Crippen LogP contribution is -2.63. The highest BCUT2D eigenvalue weighted by Crippen LogP contribution is 2.62. The first-order valence-corrected chi connectivity index (χ1v) is 13.4. The largest absolute Gasteiger partial charge is 0.457 e. The van der Waals surface area contributed by atoms with Crippen LogP contribution in [0, 0.1) is 34.5 Å². The van der Waals surface area contributed by atoms with Gasteiger partial charge in [0, 0.05) is 11.6 Å². The molecule has 4 saturated carbocycles. The summed E-state index contributed by atoms with van der Waals surface area (Å²) in [5, 5.41) is 11.0. The van der Waals surface area contributed by atoms with Gasteiger partial charge in [-0.3, -0.25) is 19.8 Å². The number of benzene rings is 1. The first-order valence-electron chi connectivity index (χ1n) is 13.4. The lowest BCUT2D eigenvalue weighted by atomic mass is 9.47. The van der Waals surface area contributed by atoms with E-state index in [1.165, 1.54) is 30.2 Å². The van der Waals surface area contributed by atoms with E-state index in [0.29, 0.717) is 29.1 Å². The van der Waals surface area contributed by atoms with Crippen molar-refractivity contribution < 1.29 is 28.3 Å². The Morgan fingerprint density at radius 3 is 2.51 bits per heavy atom. The van der Waals surface area contributed by atoms with E-state index in [9.17, 15) is 19.2 Å². The van der Waals surface area contributed by atoms with E-state index >= 15 is 0 Å². The monoisotopic (exact) mass is 527 g/mol. The number of urea groups is 1. The SMILES string of the molecule is C[C@@H](N1C(=O)NC(=O)/C(=C\c2ccc(-c3cccc(C(=O)OCC#N)c3)o2)C1=O)C12CC3CC(CC(C3)C1)C2. The standard InChI is InChI=1S/C30H29N3O6/c1-17(30-14-18-9-19(15-30)11-20(10-18)16-30)33-27(35)24(26(34)32-29(33)37)13-23-5-6-25(39-23)21-3-2-4-22(12-21)28(36)38-8-7-31/h2-6,12-13,17-20H,8-11,14-16H2,1H3,(H,32,34,37)/b24-13+/t17-,18?,19?,20?,30?/m1/s1. The van der Waals surface area contributed by atoms with Crippen LogP contribution in [0.4, 0.5) is 4.79 Å². The number of nitriles is 1. The first kappa shape index (κ1) is 25.1. The molecular formula is C30H29N3O6. The number of nitrogens with one attached hydrogen (secondary N) is 1. The van der Waals surface area contributed by atoms with Gasteiger partial charge in [-0.25, -0.2) is 9.59 Å². The van der Waals surface area contributed by atoms with Gasteiger partial charge in [0.25, 0.3) is 11.8 Å². The molecule has 9 heteroatoms. The maximum atomic E-state index is 13.6. The lowest BCUT2D eigenvalue weighted by molar-refractivity contribution is -0.139. The molecule has 39 heavy (non-hydrogen) atoms. The minimum atomic E-state index is -0.751. The van der Waals surface area contributed by atoms with Gasteiger partial charge < -0.3 is 9.15 Å². The summed E-state index contributed by atoms with van der Waals surface area (Å²) >= 11 is 0. The highest BCUT2D eigenvalue weighted by molar-refractivity contribution is 6.31. The number of hydrogen-bond acceptors (Lipinski definition) is 7. The van der Waals surface area contributed by atoms with Gasteiger partial charge in [-0.15, -0.1) is 0 Å². The van der Waals surface area contributed by atoms with Gasteiger partial charge in [-0.2, -0.15) is 5.26 Å². The quantitative estimate of drug-likeness (QED) is 0.328. The van der Waals surface area contributed by atoms with Crippen LogP contribution in [-0.2, 0) is 14.3 Å². The Labute approximate surface area is 225 Å². The zero-order valence-electron chi connectivity index (χ0n) is 21.6. The van der Waals surface area contributed by atoms with Crippen molar-refractivity contribution >= 4 is 29.9 Å². The molecule has 1 aliphatic heterocycles. The second-order valence-corrected chi connectivity index (χ2v) is 11.5. The number of hydrogen-bond donors (Lipinski definition) is 1. The number of esters is 1. The van der Waals surface area contributed by atoms with Gasteiger partial charge in [0.05, 0.1) is 5.56 Å². The number of ether oxygens (including phenoxy) is 1. The molecule has 1 aromatic heterocycles. The maximum Gasteiger partial charge on any atom is 0.339 e. The molecule has 200 valence electrons. The molecular weight excluding hydrogens is 498 g/mol. The minimum Gasteiger partial charge on any atom is -0.457 e. The summed E-state index contributed by atoms with van der Waals surface area (Å²) in [6.45, 7) is 1.61. The predicted octanol–water partition coefficient (Wildman–Crippen LogP) is 4.69. The normalized spacial score (nSPS) is 29.3. The molecule has 4 aliphatic carbocycles. The third kappa shape index (κ3) is 4.44. The summed E-state index contributed by atoms with van der Waals surface area (Å²) in [5.74, 6) is 0.665. The molecule has 1 atom stereocenters. The Bertz CT molecular complexity index is 1410. The van der Waals surface area contributed by atoms with Gasteiger partial charge in [0.2, 0.25) is 0 Å². The Morgan fingerprint density at radius 2 is 1.85 bits per heavy atom. The molecule has 4 bridgehead atoms. The van der Waals surface area contributed by atoms with Gasteiger partial charge in [0.1, 0.15) is 23.2 Å². The number of barbiturate groups is 1. The molecule has 5 aliphatic rings. The topological polar surface area (TPSA) is 130 Å². The summed E-state index contributed by atoms with van der Waals surface area (Å²) in [4.78, 5) is 52.7. The summed E-state index contributed by atoms with van der Waals surface area (Å²) in [5.41, 5.74) is 0.595. The Balaban J connectivity index is 1.24. The molecule has 9 nitrogen and oxygen atoms in total. The smallest absolute Gasteiger partial charge is 0.339 e. The molecule has 0 radical (unpaired) electrons. The average Bonchev–Trinajstić information content (AvgIpc) is 3.37. The van der Waals surface area contributed by atoms with Crippen LogP contribution in [0.3, 0.4) is 0 Å². The van der Waals surface area contributed by atoms with E-state index in [0.717, 1.165) is 19.3 Å². The maximum absolute atomic E-state index is 13.6. The fourth-order valence-corrected chi connectivity index (χ4v) is 7.69. The Kier molecular flexibility index (Phi) is 6.13. The molecule has 0 unspecified atom stereocenters. The summed E-state index contributed by atoms with van der Waals surface area (Å²) in [6.07, 6.45) is 8.18. The summed E-state index contributed by atoms with van der Waals surface area (Å²) < 4.78 is 10.7. The van der Waals surface area contributed by atoms with E-state index in [2.05, 4.69) is 5.32 Å². The molecule has 1 aromatic carbocycles. The molecule has 4 amide bonds. The fourth-order valence-electron chi connectivity index (χ4n) is 7.69. The van der Waals surface area contributed by atoms with Crippen LogP contribution in [0.5, 0.6) is 0 Å². The number of imide groups is 2. The van der Waals surface area contributed by atoms with Crippen molar-refractivity contribution in [2.24, 2.45) is 23.2 Å². The van der Waals surface area contributed by atoms with Crippen molar-refractivity contribution in [2.45, 2.75) is 51.5 Å². The van der Waals surface area contributed by atoms with Crippen LogP contribution in [0.15, 0.2) is 46.4 Å². The second-order valence-electron chi connectivity index (χ2n) is 11.5. The predicted molar refractivity (Wildman–Crippen MR) is 138 cm³/mol. The molecule has 5 fully saturated rings. The number of amides is 4. The van der Waals surface area contributed by atoms with Crippen LogP contribution >= 0.6 is 0 Å². The molecule has 2 aromatic rings. The van der Waals surface area contributed by atoms with Crippen molar-refractivity contribution in [3.8, 4) is 17.4 Å². The molecule has 1 saturated heterocycles. The first-order chi connectivity index (χ1) is 18.8. The van der Waals surface area contributed by atoms with Crippen LogP contribution in [0.2, 0.25) is 0 Å². The highest BCUT2D eigenvalue weighted by Gasteiger charge is 2.56. The second kappa shape index (κ2) is 9.53. The third-order valence-electron chi connectivity index (χ3n) is 9.06. The van der Waals surface area contributed by atoms with Gasteiger partial charge in [-0.1, -0.05) is 12.1 Å². The number of rotatable bonds is 6. The number of carbonyl (C=O) groups is 4. The number of furan rings is 1. The summed E-state index contributed by atoms with van der Waals surface area (Å²) in [6, 6.07) is 10.6. The van der Waals surface area contributed by atoms with Gasteiger partial charge in [0.15, 0.2) is 6.61 Å². The lowest BCUT2D eigenvalue weighted by Gasteiger charge is -2.60. The van der Waals surface area contributed by atoms with Crippen molar-refractivity contribution in [3.05, 3.63) is 53.3 Å². The van der Waals surface area contributed by atoms with Crippen LogP contribution < -0.4 is 5.32 Å². The Morgan fingerprint density at radius 1 is 1.15 bits per heavy atom. The van der Waals surface area contributed by atoms with Crippen LogP contribution in [-0.4, -0.2) is 41.4 Å².